The minimum atomic E-state index is -0.857. The molecule has 0 radical (unpaired) electrons. The molecule has 1 aromatic carbocycles. The summed E-state index contributed by atoms with van der Waals surface area (Å²) in [6.07, 6.45) is 0.687. The van der Waals surface area contributed by atoms with Crippen molar-refractivity contribution in [3.63, 3.8) is 0 Å². The molecule has 1 heterocycles. The number of nitrogens with zero attached hydrogens (tertiary/aromatic N) is 2. The van der Waals surface area contributed by atoms with Crippen molar-refractivity contribution < 1.29 is 19.0 Å². The molecule has 1 amide bonds. The molecule has 0 bridgehead atoms. The highest BCUT2D eigenvalue weighted by molar-refractivity contribution is 5.79. The minimum Gasteiger partial charge on any atom is -0.494 e. The van der Waals surface area contributed by atoms with Crippen molar-refractivity contribution in [2.45, 2.75) is 18.4 Å². The van der Waals surface area contributed by atoms with Crippen LogP contribution in [-0.2, 0) is 11.2 Å². The lowest BCUT2D eigenvalue weighted by Crippen LogP contribution is -2.43. The van der Waals surface area contributed by atoms with E-state index in [-0.39, 0.29) is 18.1 Å². The van der Waals surface area contributed by atoms with E-state index in [2.05, 4.69) is 0 Å². The largest absolute Gasteiger partial charge is 0.494 e. The van der Waals surface area contributed by atoms with Gasteiger partial charge in [0.15, 0.2) is 11.6 Å². The quantitative estimate of drug-likeness (QED) is 0.878. The lowest BCUT2D eigenvalue weighted by atomic mass is 10.0. The summed E-state index contributed by atoms with van der Waals surface area (Å²) in [5.74, 6) is -0.407. The first kappa shape index (κ1) is 16.7. The van der Waals surface area contributed by atoms with Gasteiger partial charge in [0, 0.05) is 13.1 Å². The van der Waals surface area contributed by atoms with Gasteiger partial charge in [-0.1, -0.05) is 6.07 Å². The number of benzene rings is 1. The van der Waals surface area contributed by atoms with Gasteiger partial charge in [0.2, 0.25) is 5.91 Å². The predicted octanol–water partition coefficient (Wildman–Crippen LogP) is 0.902. The maximum atomic E-state index is 13.6. The number of methoxy groups -OCH3 is 1. The van der Waals surface area contributed by atoms with Crippen LogP contribution in [0.2, 0.25) is 0 Å². The van der Waals surface area contributed by atoms with E-state index in [9.17, 15) is 14.3 Å². The molecule has 0 aromatic heterocycles. The topological polar surface area (TPSA) is 53.0 Å². The summed E-state index contributed by atoms with van der Waals surface area (Å²) in [6, 6.07) is 4.52. The van der Waals surface area contributed by atoms with Crippen molar-refractivity contribution >= 4 is 5.91 Å². The summed E-state index contributed by atoms with van der Waals surface area (Å²) in [5.41, 5.74) is -0.254. The fraction of sp³-hybridized carbons (Fsp3) is 0.562. The molecular formula is C16H23FN2O3. The van der Waals surface area contributed by atoms with Crippen LogP contribution in [0.15, 0.2) is 18.2 Å². The first-order valence-corrected chi connectivity index (χ1v) is 7.30. The second-order valence-electron chi connectivity index (χ2n) is 6.17. The second kappa shape index (κ2) is 6.62. The Morgan fingerprint density at radius 2 is 2.23 bits per heavy atom. The van der Waals surface area contributed by atoms with Gasteiger partial charge in [-0.25, -0.2) is 4.39 Å². The van der Waals surface area contributed by atoms with E-state index in [1.165, 1.54) is 19.2 Å². The number of rotatable bonds is 5. The zero-order valence-corrected chi connectivity index (χ0v) is 13.3. The molecule has 1 aliphatic rings. The Morgan fingerprint density at radius 3 is 2.82 bits per heavy atom. The molecule has 1 N–H and O–H groups in total. The molecule has 22 heavy (non-hydrogen) atoms. The number of amides is 1. The van der Waals surface area contributed by atoms with Crippen LogP contribution >= 0.6 is 0 Å². The Bertz CT molecular complexity index is 550. The third-order valence-electron chi connectivity index (χ3n) is 3.87. The van der Waals surface area contributed by atoms with E-state index in [0.717, 1.165) is 0 Å². The number of likely N-dealkylation sites (tertiary alicyclic amines) is 1. The molecule has 0 spiro atoms. The normalized spacial score (nSPS) is 21.5. The monoisotopic (exact) mass is 310 g/mol. The maximum Gasteiger partial charge on any atom is 0.227 e. The average Bonchev–Trinajstić information content (AvgIpc) is 2.80. The summed E-state index contributed by atoms with van der Waals surface area (Å²) in [7, 11) is 5.18. The van der Waals surface area contributed by atoms with Crippen LogP contribution in [-0.4, -0.2) is 67.3 Å². The van der Waals surface area contributed by atoms with Crippen LogP contribution in [0.25, 0.3) is 0 Å². The Morgan fingerprint density at radius 1 is 1.50 bits per heavy atom. The Labute approximate surface area is 130 Å². The van der Waals surface area contributed by atoms with Gasteiger partial charge < -0.3 is 19.6 Å². The zero-order chi connectivity index (χ0) is 16.3. The number of halogens is 1. The molecule has 0 saturated carbocycles. The SMILES string of the molecule is COc1ccc(CC(=O)N2CC[C@](O)(CN(C)C)C2)cc1F. The molecule has 2 rings (SSSR count). The molecule has 1 fully saturated rings. The fourth-order valence-electron chi connectivity index (χ4n) is 2.89. The third-order valence-corrected chi connectivity index (χ3v) is 3.87. The van der Waals surface area contributed by atoms with Gasteiger partial charge in [0.1, 0.15) is 0 Å². The fourth-order valence-corrected chi connectivity index (χ4v) is 2.89. The number of carbonyl (C=O) groups is 1. The van der Waals surface area contributed by atoms with Gasteiger partial charge in [-0.3, -0.25) is 4.79 Å². The van der Waals surface area contributed by atoms with Crippen molar-refractivity contribution in [1.82, 2.24) is 9.80 Å². The van der Waals surface area contributed by atoms with Crippen LogP contribution in [0.4, 0.5) is 4.39 Å². The van der Waals surface area contributed by atoms with Crippen LogP contribution in [0.3, 0.4) is 0 Å². The number of β-amino-alcohol motifs (C(OH)–C–C–N with tert-alkyl or cyclic N) is 1. The van der Waals surface area contributed by atoms with Crippen LogP contribution in [0.1, 0.15) is 12.0 Å². The van der Waals surface area contributed by atoms with Crippen LogP contribution in [0.5, 0.6) is 5.75 Å². The molecule has 6 heteroatoms. The average molecular weight is 310 g/mol. The van der Waals surface area contributed by atoms with Gasteiger partial charge in [0.25, 0.3) is 0 Å². The van der Waals surface area contributed by atoms with Crippen molar-refractivity contribution in [1.29, 1.82) is 0 Å². The molecule has 1 atom stereocenters. The van der Waals surface area contributed by atoms with E-state index in [1.807, 2.05) is 19.0 Å². The standard InChI is InChI=1S/C16H23FN2O3/c1-18(2)10-16(21)6-7-19(11-16)15(20)9-12-4-5-14(22-3)13(17)8-12/h4-5,8,21H,6-7,9-11H2,1-3H3/t16-/m0/s1. The summed E-state index contributed by atoms with van der Waals surface area (Å²) in [5, 5.41) is 10.4. The van der Waals surface area contributed by atoms with Crippen LogP contribution < -0.4 is 4.74 Å². The van der Waals surface area contributed by atoms with Crippen molar-refractivity contribution in [2.75, 3.05) is 40.8 Å². The molecular weight excluding hydrogens is 287 g/mol. The number of likely N-dealkylation sites (N-methyl/N-ethyl adjacent to an activating group) is 1. The van der Waals surface area contributed by atoms with E-state index >= 15 is 0 Å². The Hall–Kier alpha value is -1.66. The highest BCUT2D eigenvalue weighted by atomic mass is 19.1. The van der Waals surface area contributed by atoms with Gasteiger partial charge in [0.05, 0.1) is 25.7 Å². The van der Waals surface area contributed by atoms with E-state index in [4.69, 9.17) is 4.74 Å². The number of ether oxygens (including phenoxy) is 1. The number of aliphatic hydroxyl groups is 1. The number of carbonyl (C=O) groups excluding carboxylic acids is 1. The molecule has 0 aliphatic carbocycles. The molecule has 0 unspecified atom stereocenters. The first-order valence-electron chi connectivity index (χ1n) is 7.30. The molecule has 122 valence electrons. The summed E-state index contributed by atoms with van der Waals surface area (Å²) >= 11 is 0. The molecule has 1 saturated heterocycles. The smallest absolute Gasteiger partial charge is 0.227 e. The van der Waals surface area contributed by atoms with Crippen molar-refractivity contribution in [3.05, 3.63) is 29.6 Å². The first-order chi connectivity index (χ1) is 10.3. The second-order valence-corrected chi connectivity index (χ2v) is 6.17. The van der Waals surface area contributed by atoms with Gasteiger partial charge >= 0.3 is 0 Å². The Balaban J connectivity index is 1.97. The zero-order valence-electron chi connectivity index (χ0n) is 13.3. The predicted molar refractivity (Wildman–Crippen MR) is 81.4 cm³/mol. The maximum absolute atomic E-state index is 13.6. The van der Waals surface area contributed by atoms with Crippen molar-refractivity contribution in [2.24, 2.45) is 0 Å². The van der Waals surface area contributed by atoms with Crippen molar-refractivity contribution in [3.8, 4) is 5.75 Å². The van der Waals surface area contributed by atoms with Crippen LogP contribution in [0, 0.1) is 5.82 Å². The number of hydrogen-bond donors (Lipinski definition) is 1. The summed E-state index contributed by atoms with van der Waals surface area (Å²) < 4.78 is 18.5. The van der Waals surface area contributed by atoms with Gasteiger partial charge in [-0.05, 0) is 38.2 Å². The van der Waals surface area contributed by atoms with Gasteiger partial charge in [-0.2, -0.15) is 0 Å². The highest BCUT2D eigenvalue weighted by Gasteiger charge is 2.38. The lowest BCUT2D eigenvalue weighted by Gasteiger charge is -2.26. The Kier molecular flexibility index (Phi) is 5.03. The molecule has 1 aliphatic heterocycles. The molecule has 1 aromatic rings. The highest BCUT2D eigenvalue weighted by Crippen LogP contribution is 2.23. The van der Waals surface area contributed by atoms with E-state index in [1.54, 1.807) is 11.0 Å². The third kappa shape index (κ3) is 3.96. The van der Waals surface area contributed by atoms with E-state index < -0.39 is 11.4 Å². The summed E-state index contributed by atoms with van der Waals surface area (Å²) in [4.78, 5) is 15.9. The number of hydrogen-bond acceptors (Lipinski definition) is 4. The molecule has 5 nitrogen and oxygen atoms in total. The minimum absolute atomic E-state index is 0.0979. The summed E-state index contributed by atoms with van der Waals surface area (Å²) in [6.45, 7) is 1.37. The van der Waals surface area contributed by atoms with Gasteiger partial charge in [-0.15, -0.1) is 0 Å². The van der Waals surface area contributed by atoms with E-state index in [0.29, 0.717) is 31.6 Å². The lowest BCUT2D eigenvalue weighted by molar-refractivity contribution is -0.130.